The van der Waals surface area contributed by atoms with Crippen molar-refractivity contribution in [1.82, 2.24) is 0 Å². The summed E-state index contributed by atoms with van der Waals surface area (Å²) < 4.78 is 38.9. The molecular formula is C11H12ClF3O2. The molecule has 0 heterocycles. The van der Waals surface area contributed by atoms with E-state index in [4.69, 9.17) is 11.6 Å². The Kier molecular flexibility index (Phi) is 6.65. The summed E-state index contributed by atoms with van der Waals surface area (Å²) >= 11 is 5.11. The fourth-order valence-electron chi connectivity index (χ4n) is 0.969. The van der Waals surface area contributed by atoms with Crippen LogP contribution in [0.5, 0.6) is 5.75 Å². The van der Waals surface area contributed by atoms with Gasteiger partial charge in [0.05, 0.1) is 0 Å². The lowest BCUT2D eigenvalue weighted by Gasteiger charge is -2.08. The number of hydrogen-bond acceptors (Lipinski definition) is 2. The molecule has 0 aliphatic heterocycles. The van der Waals surface area contributed by atoms with Crippen molar-refractivity contribution in [3.8, 4) is 5.75 Å². The van der Waals surface area contributed by atoms with Gasteiger partial charge in [0.25, 0.3) is 0 Å². The van der Waals surface area contributed by atoms with Gasteiger partial charge in [-0.1, -0.05) is 26.0 Å². The predicted octanol–water partition coefficient (Wildman–Crippen LogP) is 3.92. The van der Waals surface area contributed by atoms with Crippen LogP contribution in [0.3, 0.4) is 0 Å². The van der Waals surface area contributed by atoms with Crippen LogP contribution in [0.15, 0.2) is 24.3 Å². The lowest BCUT2D eigenvalue weighted by molar-refractivity contribution is -0.274. The largest absolute Gasteiger partial charge is 0.573 e. The Morgan fingerprint density at radius 1 is 1.24 bits per heavy atom. The van der Waals surface area contributed by atoms with Crippen LogP contribution in [-0.4, -0.2) is 11.6 Å². The van der Waals surface area contributed by atoms with Crippen LogP contribution in [0, 0.1) is 0 Å². The Morgan fingerprint density at radius 3 is 2.06 bits per heavy atom. The van der Waals surface area contributed by atoms with Crippen molar-refractivity contribution >= 4 is 16.8 Å². The highest BCUT2D eigenvalue weighted by Crippen LogP contribution is 2.22. The first-order chi connectivity index (χ1) is 7.87. The third-order valence-corrected chi connectivity index (χ3v) is 1.63. The minimum absolute atomic E-state index is 0.0200. The lowest BCUT2D eigenvalue weighted by atomic mass is 10.2. The van der Waals surface area contributed by atoms with Crippen molar-refractivity contribution in [1.29, 1.82) is 0 Å². The van der Waals surface area contributed by atoms with E-state index in [0.29, 0.717) is 5.56 Å². The molecule has 0 amide bonds. The molecule has 0 unspecified atom stereocenters. The number of benzene rings is 1. The molecule has 6 heteroatoms. The zero-order valence-electron chi connectivity index (χ0n) is 9.34. The molecule has 2 nitrogen and oxygen atoms in total. The summed E-state index contributed by atoms with van der Waals surface area (Å²) in [4.78, 5) is 10.5. The summed E-state index contributed by atoms with van der Waals surface area (Å²) in [6.07, 6.45) is -4.72. The maximum Gasteiger partial charge on any atom is 0.573 e. The molecule has 96 valence electrons. The molecule has 0 spiro atoms. The topological polar surface area (TPSA) is 26.3 Å². The highest BCUT2D eigenvalue weighted by atomic mass is 35.5. The monoisotopic (exact) mass is 268 g/mol. The number of hydrogen-bond donors (Lipinski definition) is 0. The maximum absolute atomic E-state index is 11.8. The van der Waals surface area contributed by atoms with E-state index in [2.05, 4.69) is 4.74 Å². The van der Waals surface area contributed by atoms with Gasteiger partial charge in [0.1, 0.15) is 5.75 Å². The summed E-state index contributed by atoms with van der Waals surface area (Å²) in [5, 5.41) is -0.570. The number of ether oxygens (including phenoxy) is 1. The first kappa shape index (κ1) is 15.8. The molecule has 0 saturated heterocycles. The van der Waals surface area contributed by atoms with Crippen LogP contribution < -0.4 is 4.74 Å². The molecule has 1 aromatic carbocycles. The molecule has 0 aliphatic rings. The molecule has 1 rings (SSSR count). The van der Waals surface area contributed by atoms with Crippen molar-refractivity contribution in [2.45, 2.75) is 26.6 Å². The molecule has 17 heavy (non-hydrogen) atoms. The molecule has 0 fully saturated rings. The van der Waals surface area contributed by atoms with Gasteiger partial charge in [-0.25, -0.2) is 0 Å². The second kappa shape index (κ2) is 7.17. The highest BCUT2D eigenvalue weighted by molar-refractivity contribution is 6.63. The Labute approximate surface area is 102 Å². The van der Waals surface area contributed by atoms with Crippen molar-refractivity contribution in [2.75, 3.05) is 0 Å². The summed E-state index contributed by atoms with van der Waals surface area (Å²) in [7, 11) is 0. The SMILES string of the molecule is CC.O=C(Cl)Cc1ccc(OC(F)(F)F)cc1. The Balaban J connectivity index is 0.00000121. The van der Waals surface area contributed by atoms with Gasteiger partial charge in [-0.15, -0.1) is 13.2 Å². The zero-order valence-corrected chi connectivity index (χ0v) is 10.1. The quantitative estimate of drug-likeness (QED) is 0.777. The standard InChI is InChI=1S/C9H6ClF3O2.C2H6/c10-8(14)5-6-1-3-7(4-2-6)15-9(11,12)13;1-2/h1-4H,5H2;1-2H3. The molecule has 0 radical (unpaired) electrons. The smallest absolute Gasteiger partial charge is 0.406 e. The second-order valence-corrected chi connectivity index (χ2v) is 3.15. The zero-order chi connectivity index (χ0) is 13.5. The van der Waals surface area contributed by atoms with Crippen LogP contribution >= 0.6 is 11.6 Å². The predicted molar refractivity (Wildman–Crippen MR) is 59.0 cm³/mol. The van der Waals surface area contributed by atoms with Gasteiger partial charge < -0.3 is 4.74 Å². The number of halogens is 4. The third-order valence-electron chi connectivity index (χ3n) is 1.50. The number of carbonyl (C=O) groups excluding carboxylic acids is 1. The molecule has 0 aromatic heterocycles. The van der Waals surface area contributed by atoms with Gasteiger partial charge in [0.15, 0.2) is 0 Å². The van der Waals surface area contributed by atoms with E-state index in [1.54, 1.807) is 0 Å². The van der Waals surface area contributed by atoms with Gasteiger partial charge in [0.2, 0.25) is 5.24 Å². The van der Waals surface area contributed by atoms with Gasteiger partial charge in [0, 0.05) is 6.42 Å². The van der Waals surface area contributed by atoms with E-state index in [-0.39, 0.29) is 12.2 Å². The van der Waals surface area contributed by atoms with Crippen LogP contribution in [0.4, 0.5) is 13.2 Å². The first-order valence-electron chi connectivity index (χ1n) is 4.90. The van der Waals surface area contributed by atoms with Gasteiger partial charge in [-0.3, -0.25) is 4.79 Å². The molecule has 0 atom stereocenters. The maximum atomic E-state index is 11.8. The van der Waals surface area contributed by atoms with Crippen molar-refractivity contribution in [2.24, 2.45) is 0 Å². The van der Waals surface area contributed by atoms with Gasteiger partial charge in [-0.2, -0.15) is 0 Å². The normalized spacial score (nSPS) is 10.2. The number of rotatable bonds is 3. The van der Waals surface area contributed by atoms with Gasteiger partial charge in [-0.05, 0) is 29.3 Å². The van der Waals surface area contributed by atoms with Crippen molar-refractivity contribution in [3.05, 3.63) is 29.8 Å². The second-order valence-electron chi connectivity index (χ2n) is 2.72. The van der Waals surface area contributed by atoms with E-state index in [0.717, 1.165) is 12.1 Å². The molecule has 0 N–H and O–H groups in total. The molecule has 1 aromatic rings. The van der Waals surface area contributed by atoms with Crippen LogP contribution in [-0.2, 0) is 11.2 Å². The lowest BCUT2D eigenvalue weighted by Crippen LogP contribution is -2.17. The molecule has 0 saturated carbocycles. The average molecular weight is 269 g/mol. The number of carbonyl (C=O) groups is 1. The van der Waals surface area contributed by atoms with Crippen molar-refractivity contribution < 1.29 is 22.7 Å². The average Bonchev–Trinajstić information content (AvgIpc) is 2.21. The minimum atomic E-state index is -4.70. The minimum Gasteiger partial charge on any atom is -0.406 e. The Morgan fingerprint density at radius 2 is 1.71 bits per heavy atom. The van der Waals surface area contributed by atoms with E-state index in [1.807, 2.05) is 13.8 Å². The fourth-order valence-corrected chi connectivity index (χ4v) is 1.12. The third kappa shape index (κ3) is 7.63. The van der Waals surface area contributed by atoms with Crippen LogP contribution in [0.25, 0.3) is 0 Å². The summed E-state index contributed by atoms with van der Waals surface area (Å²) in [6, 6.07) is 4.95. The van der Waals surface area contributed by atoms with Crippen molar-refractivity contribution in [3.63, 3.8) is 0 Å². The summed E-state index contributed by atoms with van der Waals surface area (Å²) in [5.41, 5.74) is 0.532. The van der Waals surface area contributed by atoms with Crippen LogP contribution in [0.2, 0.25) is 0 Å². The fraction of sp³-hybridized carbons (Fsp3) is 0.364. The van der Waals surface area contributed by atoms with E-state index in [1.165, 1.54) is 12.1 Å². The summed E-state index contributed by atoms with van der Waals surface area (Å²) in [5.74, 6) is -0.326. The molecular weight excluding hydrogens is 257 g/mol. The first-order valence-corrected chi connectivity index (χ1v) is 5.27. The molecule has 0 aliphatic carbocycles. The number of alkyl halides is 3. The Bertz CT molecular complexity index is 347. The van der Waals surface area contributed by atoms with E-state index >= 15 is 0 Å². The highest BCUT2D eigenvalue weighted by Gasteiger charge is 2.30. The van der Waals surface area contributed by atoms with E-state index in [9.17, 15) is 18.0 Å². The Hall–Kier alpha value is -1.23. The summed E-state index contributed by atoms with van der Waals surface area (Å²) in [6.45, 7) is 4.00. The van der Waals surface area contributed by atoms with Gasteiger partial charge >= 0.3 is 6.36 Å². The molecule has 0 bridgehead atoms. The van der Waals surface area contributed by atoms with E-state index < -0.39 is 11.6 Å². The van der Waals surface area contributed by atoms with Crippen LogP contribution in [0.1, 0.15) is 19.4 Å².